The van der Waals surface area contributed by atoms with Crippen molar-refractivity contribution in [2.45, 2.75) is 44.0 Å². The second-order valence-corrected chi connectivity index (χ2v) is 8.67. The molecule has 0 fully saturated rings. The van der Waals surface area contributed by atoms with Gasteiger partial charge in [0.15, 0.2) is 0 Å². The molecule has 0 heterocycles. The number of rotatable bonds is 9. The predicted octanol–water partition coefficient (Wildman–Crippen LogP) is 3.53. The Hall–Kier alpha value is -2.18. The van der Waals surface area contributed by atoms with Gasteiger partial charge in [-0.25, -0.2) is 12.7 Å². The average molecular weight is 389 g/mol. The van der Waals surface area contributed by atoms with Gasteiger partial charge in [-0.05, 0) is 43.0 Å². The Morgan fingerprint density at radius 1 is 1.07 bits per heavy atom. The summed E-state index contributed by atoms with van der Waals surface area (Å²) in [7, 11) is -1.97. The zero-order chi connectivity index (χ0) is 19.9. The first-order valence-corrected chi connectivity index (χ1v) is 10.7. The highest BCUT2D eigenvalue weighted by molar-refractivity contribution is 7.89. The molecule has 1 atom stereocenters. The number of amides is 1. The maximum absolute atomic E-state index is 12.4. The molecule has 146 valence electrons. The van der Waals surface area contributed by atoms with E-state index in [1.54, 1.807) is 30.3 Å². The second-order valence-electron chi connectivity index (χ2n) is 6.63. The highest BCUT2D eigenvalue weighted by Crippen LogP contribution is 2.15. The van der Waals surface area contributed by atoms with E-state index in [4.69, 9.17) is 0 Å². The van der Waals surface area contributed by atoms with Crippen LogP contribution < -0.4 is 5.32 Å². The molecule has 0 radical (unpaired) electrons. The smallest absolute Gasteiger partial charge is 0.242 e. The van der Waals surface area contributed by atoms with Crippen molar-refractivity contribution in [2.75, 3.05) is 13.6 Å². The first kappa shape index (κ1) is 21.1. The monoisotopic (exact) mass is 388 g/mol. The molecule has 0 aromatic heterocycles. The third-order valence-corrected chi connectivity index (χ3v) is 6.46. The minimum absolute atomic E-state index is 0.0748. The summed E-state index contributed by atoms with van der Waals surface area (Å²) in [5, 5.41) is 2.97. The van der Waals surface area contributed by atoms with Crippen molar-refractivity contribution in [3.8, 4) is 0 Å². The van der Waals surface area contributed by atoms with E-state index in [-0.39, 0.29) is 23.3 Å². The van der Waals surface area contributed by atoms with Gasteiger partial charge in [-0.15, -0.1) is 0 Å². The lowest BCUT2D eigenvalue weighted by Gasteiger charge is -2.18. The third-order valence-electron chi connectivity index (χ3n) is 4.59. The first-order chi connectivity index (χ1) is 12.8. The van der Waals surface area contributed by atoms with Gasteiger partial charge in [-0.2, -0.15) is 0 Å². The van der Waals surface area contributed by atoms with Gasteiger partial charge in [0.1, 0.15) is 0 Å². The van der Waals surface area contributed by atoms with Gasteiger partial charge in [0.2, 0.25) is 15.9 Å². The number of hydrogen-bond acceptors (Lipinski definition) is 3. The molecule has 0 aliphatic rings. The Morgan fingerprint density at radius 2 is 1.70 bits per heavy atom. The van der Waals surface area contributed by atoms with Crippen LogP contribution in [0.1, 0.15) is 43.9 Å². The van der Waals surface area contributed by atoms with E-state index in [1.165, 1.54) is 16.9 Å². The van der Waals surface area contributed by atoms with Crippen molar-refractivity contribution in [1.82, 2.24) is 9.62 Å². The van der Waals surface area contributed by atoms with E-state index in [0.717, 1.165) is 12.0 Å². The van der Waals surface area contributed by atoms with Gasteiger partial charge in [0.05, 0.1) is 10.9 Å². The molecule has 1 N–H and O–H groups in total. The molecule has 1 amide bonds. The molecule has 2 aromatic carbocycles. The summed E-state index contributed by atoms with van der Waals surface area (Å²) >= 11 is 0. The van der Waals surface area contributed by atoms with Crippen molar-refractivity contribution < 1.29 is 13.2 Å². The molecule has 0 aliphatic heterocycles. The standard InChI is InChI=1S/C21H28N2O3S/c1-4-18-12-14-19(15-13-18)17(2)22-21(24)11-8-16-23(3)27(25,26)20-9-6-5-7-10-20/h5-7,9-10,12-15,17H,4,8,11,16H2,1-3H3,(H,22,24). The molecule has 27 heavy (non-hydrogen) atoms. The SMILES string of the molecule is CCc1ccc(C(C)NC(=O)CCCN(C)S(=O)(=O)c2ccccc2)cc1. The molecule has 0 aliphatic carbocycles. The number of carbonyl (C=O) groups is 1. The largest absolute Gasteiger partial charge is 0.350 e. The molecule has 5 nitrogen and oxygen atoms in total. The van der Waals surface area contributed by atoms with E-state index in [9.17, 15) is 13.2 Å². The summed E-state index contributed by atoms with van der Waals surface area (Å²) in [4.78, 5) is 12.4. The Morgan fingerprint density at radius 3 is 2.30 bits per heavy atom. The topological polar surface area (TPSA) is 66.5 Å². The maximum Gasteiger partial charge on any atom is 0.242 e. The molecular formula is C21H28N2O3S. The van der Waals surface area contributed by atoms with Crippen molar-refractivity contribution in [3.05, 3.63) is 65.7 Å². The molecule has 6 heteroatoms. The molecule has 2 rings (SSSR count). The Labute approximate surface area is 162 Å². The lowest BCUT2D eigenvalue weighted by molar-refractivity contribution is -0.121. The van der Waals surface area contributed by atoms with Crippen LogP contribution in [0, 0.1) is 0 Å². The van der Waals surface area contributed by atoms with Crippen LogP contribution in [0.25, 0.3) is 0 Å². The Kier molecular flexibility index (Phi) is 7.56. The van der Waals surface area contributed by atoms with Crippen LogP contribution in [-0.4, -0.2) is 32.2 Å². The number of aryl methyl sites for hydroxylation is 1. The van der Waals surface area contributed by atoms with Crippen LogP contribution in [-0.2, 0) is 21.2 Å². The summed E-state index contributed by atoms with van der Waals surface area (Å²) < 4.78 is 26.2. The van der Waals surface area contributed by atoms with E-state index in [2.05, 4.69) is 24.4 Å². The normalized spacial score (nSPS) is 12.7. The van der Waals surface area contributed by atoms with Crippen LogP contribution in [0.5, 0.6) is 0 Å². The maximum atomic E-state index is 12.4. The zero-order valence-electron chi connectivity index (χ0n) is 16.2. The molecule has 1 unspecified atom stereocenters. The number of carbonyl (C=O) groups excluding carboxylic acids is 1. The van der Waals surface area contributed by atoms with Crippen molar-refractivity contribution in [3.63, 3.8) is 0 Å². The Bertz CT molecular complexity index is 833. The van der Waals surface area contributed by atoms with Gasteiger partial charge in [-0.1, -0.05) is 49.4 Å². The molecule has 0 bridgehead atoms. The molecule has 0 spiro atoms. The summed E-state index contributed by atoms with van der Waals surface area (Å²) in [6, 6.07) is 16.4. The fraction of sp³-hybridized carbons (Fsp3) is 0.381. The number of benzene rings is 2. The minimum atomic E-state index is -3.51. The lowest BCUT2D eigenvalue weighted by atomic mass is 10.0. The van der Waals surface area contributed by atoms with Gasteiger partial charge < -0.3 is 5.32 Å². The van der Waals surface area contributed by atoms with Crippen LogP contribution in [0.2, 0.25) is 0 Å². The number of hydrogen-bond donors (Lipinski definition) is 1. The van der Waals surface area contributed by atoms with Crippen molar-refractivity contribution in [2.24, 2.45) is 0 Å². The molecular weight excluding hydrogens is 360 g/mol. The van der Waals surface area contributed by atoms with Gasteiger partial charge in [0.25, 0.3) is 0 Å². The van der Waals surface area contributed by atoms with E-state index in [0.29, 0.717) is 13.0 Å². The first-order valence-electron chi connectivity index (χ1n) is 9.24. The van der Waals surface area contributed by atoms with Gasteiger partial charge in [-0.3, -0.25) is 4.79 Å². The Balaban J connectivity index is 1.81. The summed E-state index contributed by atoms with van der Waals surface area (Å²) in [5.41, 5.74) is 2.32. The quantitative estimate of drug-likeness (QED) is 0.715. The average Bonchev–Trinajstić information content (AvgIpc) is 2.68. The number of sulfonamides is 1. The van der Waals surface area contributed by atoms with E-state index < -0.39 is 10.0 Å². The number of nitrogens with one attached hydrogen (secondary N) is 1. The fourth-order valence-corrected chi connectivity index (χ4v) is 4.02. The predicted molar refractivity (Wildman–Crippen MR) is 108 cm³/mol. The van der Waals surface area contributed by atoms with Crippen LogP contribution in [0.15, 0.2) is 59.5 Å². The minimum Gasteiger partial charge on any atom is -0.350 e. The van der Waals surface area contributed by atoms with Crippen LogP contribution in [0.4, 0.5) is 0 Å². The summed E-state index contributed by atoms with van der Waals surface area (Å²) in [5.74, 6) is -0.0763. The summed E-state index contributed by atoms with van der Waals surface area (Å²) in [6.07, 6.45) is 1.74. The van der Waals surface area contributed by atoms with E-state index in [1.807, 2.05) is 19.1 Å². The molecule has 0 saturated carbocycles. The van der Waals surface area contributed by atoms with Crippen molar-refractivity contribution >= 4 is 15.9 Å². The second kappa shape index (κ2) is 9.67. The third kappa shape index (κ3) is 5.91. The molecule has 2 aromatic rings. The van der Waals surface area contributed by atoms with Gasteiger partial charge in [0, 0.05) is 20.0 Å². The fourth-order valence-electron chi connectivity index (χ4n) is 2.79. The zero-order valence-corrected chi connectivity index (χ0v) is 17.0. The van der Waals surface area contributed by atoms with Crippen molar-refractivity contribution in [1.29, 1.82) is 0 Å². The highest BCUT2D eigenvalue weighted by atomic mass is 32.2. The molecule has 0 saturated heterocycles. The van der Waals surface area contributed by atoms with Crippen LogP contribution in [0.3, 0.4) is 0 Å². The van der Waals surface area contributed by atoms with Crippen LogP contribution >= 0.6 is 0 Å². The lowest BCUT2D eigenvalue weighted by Crippen LogP contribution is -2.30. The number of nitrogens with zero attached hydrogens (tertiary/aromatic N) is 1. The highest BCUT2D eigenvalue weighted by Gasteiger charge is 2.20. The summed E-state index contributed by atoms with van der Waals surface area (Å²) in [6.45, 7) is 4.35. The van der Waals surface area contributed by atoms with E-state index >= 15 is 0 Å². The van der Waals surface area contributed by atoms with Gasteiger partial charge >= 0.3 is 0 Å².